The minimum Gasteiger partial charge on any atom is -0.493 e. The second kappa shape index (κ2) is 6.59. The third-order valence-electron chi connectivity index (χ3n) is 4.17. The van der Waals surface area contributed by atoms with Crippen molar-refractivity contribution < 1.29 is 9.47 Å². The average Bonchev–Trinajstić information content (AvgIpc) is 2.82. The van der Waals surface area contributed by atoms with Gasteiger partial charge in [0.05, 0.1) is 12.2 Å². The summed E-state index contributed by atoms with van der Waals surface area (Å²) in [5.74, 6) is 0.979. The summed E-state index contributed by atoms with van der Waals surface area (Å²) < 4.78 is 11.3. The summed E-state index contributed by atoms with van der Waals surface area (Å²) in [7, 11) is 1.75. The van der Waals surface area contributed by atoms with Crippen LogP contribution >= 0.6 is 0 Å². The summed E-state index contributed by atoms with van der Waals surface area (Å²) in [6.45, 7) is 8.04. The predicted molar refractivity (Wildman–Crippen MR) is 82.4 cm³/mol. The molecule has 1 aromatic rings. The first-order valence-corrected chi connectivity index (χ1v) is 7.60. The highest BCUT2D eigenvalue weighted by atomic mass is 16.5. The largest absolute Gasteiger partial charge is 0.493 e. The molecule has 1 atom stereocenters. The predicted octanol–water partition coefficient (Wildman–Crippen LogP) is 3.48. The van der Waals surface area contributed by atoms with E-state index in [-0.39, 0.29) is 5.60 Å². The minimum atomic E-state index is -0.118. The lowest BCUT2D eigenvalue weighted by Crippen LogP contribution is -2.25. The van der Waals surface area contributed by atoms with Crippen molar-refractivity contribution in [1.29, 1.82) is 0 Å². The molecule has 3 heteroatoms. The molecule has 0 bridgehead atoms. The summed E-state index contributed by atoms with van der Waals surface area (Å²) in [5.41, 5.74) is 2.75. The molecule has 0 radical (unpaired) electrons. The molecule has 1 unspecified atom stereocenters. The van der Waals surface area contributed by atoms with E-state index in [0.717, 1.165) is 25.1 Å². The van der Waals surface area contributed by atoms with Crippen molar-refractivity contribution in [3.05, 3.63) is 29.3 Å². The first-order valence-electron chi connectivity index (χ1n) is 7.60. The van der Waals surface area contributed by atoms with Gasteiger partial charge >= 0.3 is 0 Å². The Morgan fingerprint density at radius 1 is 1.35 bits per heavy atom. The summed E-state index contributed by atoms with van der Waals surface area (Å²) in [5, 5.41) is 3.53. The van der Waals surface area contributed by atoms with Gasteiger partial charge in [-0.25, -0.2) is 0 Å². The van der Waals surface area contributed by atoms with Gasteiger partial charge in [0, 0.05) is 19.6 Å². The van der Waals surface area contributed by atoms with Gasteiger partial charge in [0.2, 0.25) is 0 Å². The summed E-state index contributed by atoms with van der Waals surface area (Å²) in [6, 6.07) is 7.03. The Hall–Kier alpha value is -1.06. The topological polar surface area (TPSA) is 30.5 Å². The molecule has 3 nitrogen and oxygen atoms in total. The maximum Gasteiger partial charge on any atom is 0.119 e. The molecule has 112 valence electrons. The number of nitrogens with one attached hydrogen (secondary N) is 1. The summed E-state index contributed by atoms with van der Waals surface area (Å²) in [6.07, 6.45) is 3.23. The van der Waals surface area contributed by atoms with Crippen molar-refractivity contribution >= 4 is 0 Å². The van der Waals surface area contributed by atoms with Gasteiger partial charge < -0.3 is 14.8 Å². The van der Waals surface area contributed by atoms with Crippen LogP contribution in [0.2, 0.25) is 0 Å². The standard InChI is InChI=1S/C17H27NO2/c1-5-18-16-9-6-13-12-14(7-8-15(13)16)20-11-10-17(2,3)19-4/h7-8,12,16,18H,5-6,9-11H2,1-4H3. The van der Waals surface area contributed by atoms with E-state index in [1.54, 1.807) is 7.11 Å². The minimum absolute atomic E-state index is 0.118. The van der Waals surface area contributed by atoms with Gasteiger partial charge in [-0.15, -0.1) is 0 Å². The smallest absolute Gasteiger partial charge is 0.119 e. The lowest BCUT2D eigenvalue weighted by molar-refractivity contribution is 0.00545. The van der Waals surface area contributed by atoms with Gasteiger partial charge in [-0.2, -0.15) is 0 Å². The monoisotopic (exact) mass is 277 g/mol. The average molecular weight is 277 g/mol. The summed E-state index contributed by atoms with van der Waals surface area (Å²) >= 11 is 0. The quantitative estimate of drug-likeness (QED) is 0.827. The molecule has 1 N–H and O–H groups in total. The van der Waals surface area contributed by atoms with E-state index >= 15 is 0 Å². The van der Waals surface area contributed by atoms with Crippen LogP contribution in [0.25, 0.3) is 0 Å². The molecule has 1 aliphatic carbocycles. The van der Waals surface area contributed by atoms with Crippen LogP contribution in [-0.2, 0) is 11.2 Å². The molecule has 0 saturated heterocycles. The maximum atomic E-state index is 5.86. The molecule has 0 amide bonds. The van der Waals surface area contributed by atoms with Crippen LogP contribution in [0.5, 0.6) is 5.75 Å². The molecule has 1 aliphatic rings. The van der Waals surface area contributed by atoms with Gasteiger partial charge in [-0.05, 0) is 56.5 Å². The van der Waals surface area contributed by atoms with Crippen molar-refractivity contribution in [3.63, 3.8) is 0 Å². The molecule has 1 aromatic carbocycles. The molecule has 2 rings (SSSR count). The number of methoxy groups -OCH3 is 1. The Morgan fingerprint density at radius 2 is 2.15 bits per heavy atom. The molecule has 20 heavy (non-hydrogen) atoms. The van der Waals surface area contributed by atoms with Crippen LogP contribution in [0, 0.1) is 0 Å². The zero-order valence-electron chi connectivity index (χ0n) is 13.2. The highest BCUT2D eigenvalue weighted by Crippen LogP contribution is 2.33. The van der Waals surface area contributed by atoms with E-state index in [0.29, 0.717) is 12.6 Å². The first kappa shape index (κ1) is 15.3. The number of hydrogen-bond donors (Lipinski definition) is 1. The van der Waals surface area contributed by atoms with Gasteiger partial charge in [-0.1, -0.05) is 13.0 Å². The van der Waals surface area contributed by atoms with Crippen LogP contribution in [0.3, 0.4) is 0 Å². The number of fused-ring (bicyclic) bond motifs is 1. The van der Waals surface area contributed by atoms with E-state index in [9.17, 15) is 0 Å². The second-order valence-electron chi connectivity index (χ2n) is 6.07. The Kier molecular flexibility index (Phi) is 5.06. The Morgan fingerprint density at radius 3 is 2.85 bits per heavy atom. The van der Waals surface area contributed by atoms with Crippen LogP contribution in [0.4, 0.5) is 0 Å². The summed E-state index contributed by atoms with van der Waals surface area (Å²) in [4.78, 5) is 0. The zero-order chi connectivity index (χ0) is 14.6. The Bertz CT molecular complexity index is 443. The fraction of sp³-hybridized carbons (Fsp3) is 0.647. The lowest BCUT2D eigenvalue weighted by atomic mass is 10.1. The number of hydrogen-bond acceptors (Lipinski definition) is 3. The third-order valence-corrected chi connectivity index (χ3v) is 4.17. The zero-order valence-corrected chi connectivity index (χ0v) is 13.2. The van der Waals surface area contributed by atoms with E-state index in [2.05, 4.69) is 44.3 Å². The molecule has 0 saturated carbocycles. The van der Waals surface area contributed by atoms with Crippen LogP contribution in [-0.4, -0.2) is 25.9 Å². The highest BCUT2D eigenvalue weighted by molar-refractivity contribution is 5.40. The maximum absolute atomic E-state index is 5.86. The number of benzene rings is 1. The van der Waals surface area contributed by atoms with Crippen molar-refractivity contribution in [1.82, 2.24) is 5.32 Å². The Labute approximate surface area is 122 Å². The van der Waals surface area contributed by atoms with Crippen LogP contribution < -0.4 is 10.1 Å². The molecule has 0 spiro atoms. The fourth-order valence-corrected chi connectivity index (χ4v) is 2.66. The van der Waals surface area contributed by atoms with E-state index in [1.165, 1.54) is 17.5 Å². The van der Waals surface area contributed by atoms with E-state index in [4.69, 9.17) is 9.47 Å². The van der Waals surface area contributed by atoms with E-state index < -0.39 is 0 Å². The van der Waals surface area contributed by atoms with Crippen molar-refractivity contribution in [2.24, 2.45) is 0 Å². The molecule has 0 heterocycles. The molecular formula is C17H27NO2. The number of aryl methyl sites for hydroxylation is 1. The second-order valence-corrected chi connectivity index (χ2v) is 6.07. The van der Waals surface area contributed by atoms with Crippen LogP contribution in [0.1, 0.15) is 50.8 Å². The van der Waals surface area contributed by atoms with Crippen molar-refractivity contribution in [2.45, 2.75) is 51.7 Å². The molecule has 0 aromatic heterocycles. The molecule has 0 aliphatic heterocycles. The molecular weight excluding hydrogens is 250 g/mol. The first-order chi connectivity index (χ1) is 9.55. The Balaban J connectivity index is 1.92. The van der Waals surface area contributed by atoms with Crippen LogP contribution in [0.15, 0.2) is 18.2 Å². The third kappa shape index (κ3) is 3.74. The van der Waals surface area contributed by atoms with E-state index in [1.807, 2.05) is 0 Å². The SMILES string of the molecule is CCNC1CCc2cc(OCCC(C)(C)OC)ccc21. The van der Waals surface area contributed by atoms with Gasteiger partial charge in [0.25, 0.3) is 0 Å². The van der Waals surface area contributed by atoms with Gasteiger partial charge in [-0.3, -0.25) is 0 Å². The number of ether oxygens (including phenoxy) is 2. The molecule has 0 fully saturated rings. The fourth-order valence-electron chi connectivity index (χ4n) is 2.66. The normalized spacial score (nSPS) is 18.1. The van der Waals surface area contributed by atoms with Gasteiger partial charge in [0.15, 0.2) is 0 Å². The van der Waals surface area contributed by atoms with Gasteiger partial charge in [0.1, 0.15) is 5.75 Å². The van der Waals surface area contributed by atoms with Crippen molar-refractivity contribution in [3.8, 4) is 5.75 Å². The lowest BCUT2D eigenvalue weighted by Gasteiger charge is -2.22. The van der Waals surface area contributed by atoms with Crippen molar-refractivity contribution in [2.75, 3.05) is 20.3 Å². The number of rotatable bonds is 7. The highest BCUT2D eigenvalue weighted by Gasteiger charge is 2.22.